The van der Waals surface area contributed by atoms with Gasteiger partial charge in [-0.3, -0.25) is 4.72 Å². The molecule has 1 unspecified atom stereocenters. The predicted octanol–water partition coefficient (Wildman–Crippen LogP) is 0.885. The predicted molar refractivity (Wildman–Crippen MR) is 96.5 cm³/mol. The summed E-state index contributed by atoms with van der Waals surface area (Å²) in [4.78, 5) is 0.0680. The first-order valence-corrected chi connectivity index (χ1v) is 11.1. The van der Waals surface area contributed by atoms with Gasteiger partial charge in [0.2, 0.25) is 0 Å². The molecule has 0 bridgehead atoms. The average molecular weight is 398 g/mol. The highest BCUT2D eigenvalue weighted by molar-refractivity contribution is 7.92. The second kappa shape index (κ2) is 7.08. The molecule has 11 heteroatoms. The SMILES string of the molecule is COc1ccc(S(=O)(=O)Nc2ccc(NC3CCS(=O)(=O)C3)nn2)cc1. The van der Waals surface area contributed by atoms with Crippen molar-refractivity contribution in [2.24, 2.45) is 0 Å². The minimum Gasteiger partial charge on any atom is -0.497 e. The van der Waals surface area contributed by atoms with Crippen LogP contribution in [-0.2, 0) is 19.9 Å². The lowest BCUT2D eigenvalue weighted by Crippen LogP contribution is -2.21. The van der Waals surface area contributed by atoms with E-state index in [0.29, 0.717) is 18.0 Å². The number of benzene rings is 1. The largest absolute Gasteiger partial charge is 0.497 e. The summed E-state index contributed by atoms with van der Waals surface area (Å²) in [7, 11) is -5.30. The molecule has 9 nitrogen and oxygen atoms in total. The molecule has 1 aliphatic heterocycles. The molecule has 0 spiro atoms. The van der Waals surface area contributed by atoms with Crippen LogP contribution in [0.5, 0.6) is 5.75 Å². The van der Waals surface area contributed by atoms with Crippen LogP contribution in [0.25, 0.3) is 0 Å². The zero-order valence-electron chi connectivity index (χ0n) is 13.9. The third-order valence-corrected chi connectivity index (χ3v) is 7.00. The maximum atomic E-state index is 12.3. The molecule has 1 saturated heterocycles. The molecular weight excluding hydrogens is 380 g/mol. The van der Waals surface area contributed by atoms with Gasteiger partial charge < -0.3 is 10.1 Å². The van der Waals surface area contributed by atoms with Crippen LogP contribution >= 0.6 is 0 Å². The highest BCUT2D eigenvalue weighted by Crippen LogP contribution is 2.19. The van der Waals surface area contributed by atoms with Crippen molar-refractivity contribution in [3.05, 3.63) is 36.4 Å². The van der Waals surface area contributed by atoms with E-state index in [4.69, 9.17) is 4.74 Å². The summed E-state index contributed by atoms with van der Waals surface area (Å²) in [5, 5.41) is 10.7. The quantitative estimate of drug-likeness (QED) is 0.734. The van der Waals surface area contributed by atoms with E-state index in [1.807, 2.05) is 0 Å². The number of methoxy groups -OCH3 is 1. The second-order valence-corrected chi connectivity index (χ2v) is 9.74. The van der Waals surface area contributed by atoms with E-state index < -0.39 is 19.9 Å². The number of nitrogens with one attached hydrogen (secondary N) is 2. The fourth-order valence-corrected chi connectivity index (χ4v) is 5.20. The van der Waals surface area contributed by atoms with Crippen LogP contribution in [0.4, 0.5) is 11.6 Å². The average Bonchev–Trinajstić information content (AvgIpc) is 2.95. The van der Waals surface area contributed by atoms with Gasteiger partial charge in [0, 0.05) is 6.04 Å². The first-order chi connectivity index (χ1) is 12.3. The smallest absolute Gasteiger partial charge is 0.263 e. The maximum Gasteiger partial charge on any atom is 0.263 e. The molecular formula is C15H18N4O5S2. The van der Waals surface area contributed by atoms with Gasteiger partial charge in [0.15, 0.2) is 15.7 Å². The van der Waals surface area contributed by atoms with E-state index in [0.717, 1.165) is 0 Å². The van der Waals surface area contributed by atoms with Crippen molar-refractivity contribution in [1.29, 1.82) is 0 Å². The van der Waals surface area contributed by atoms with Gasteiger partial charge in [0.25, 0.3) is 10.0 Å². The molecule has 140 valence electrons. The fourth-order valence-electron chi connectivity index (χ4n) is 2.53. The van der Waals surface area contributed by atoms with E-state index in [1.54, 1.807) is 18.2 Å². The Bertz CT molecular complexity index is 974. The maximum absolute atomic E-state index is 12.3. The van der Waals surface area contributed by atoms with Gasteiger partial charge in [-0.25, -0.2) is 16.8 Å². The number of ether oxygens (including phenoxy) is 1. The van der Waals surface area contributed by atoms with Gasteiger partial charge in [-0.2, -0.15) is 0 Å². The monoisotopic (exact) mass is 398 g/mol. The molecule has 26 heavy (non-hydrogen) atoms. The van der Waals surface area contributed by atoms with Crippen molar-refractivity contribution < 1.29 is 21.6 Å². The number of nitrogens with zero attached hydrogens (tertiary/aromatic N) is 2. The Morgan fingerprint density at radius 2 is 1.73 bits per heavy atom. The lowest BCUT2D eigenvalue weighted by Gasteiger charge is -2.11. The number of aromatic nitrogens is 2. The number of sulfone groups is 1. The van der Waals surface area contributed by atoms with Crippen molar-refractivity contribution in [2.45, 2.75) is 17.4 Å². The van der Waals surface area contributed by atoms with Crippen LogP contribution in [0.15, 0.2) is 41.3 Å². The van der Waals surface area contributed by atoms with Crippen LogP contribution in [-0.4, -0.2) is 51.7 Å². The van der Waals surface area contributed by atoms with Crippen LogP contribution in [0.1, 0.15) is 6.42 Å². The minimum atomic E-state index is -3.80. The summed E-state index contributed by atoms with van der Waals surface area (Å²) < 4.78 is 54.9. The fraction of sp³-hybridized carbons (Fsp3) is 0.333. The molecule has 2 aromatic rings. The van der Waals surface area contributed by atoms with Crippen LogP contribution in [0.3, 0.4) is 0 Å². The molecule has 1 aromatic heterocycles. The normalized spacial score (nSPS) is 19.0. The molecule has 0 amide bonds. The van der Waals surface area contributed by atoms with Gasteiger partial charge in [-0.15, -0.1) is 10.2 Å². The van der Waals surface area contributed by atoms with Crippen LogP contribution in [0.2, 0.25) is 0 Å². The van der Waals surface area contributed by atoms with Crippen molar-refractivity contribution in [3.63, 3.8) is 0 Å². The molecule has 1 fully saturated rings. The molecule has 2 N–H and O–H groups in total. The molecule has 1 atom stereocenters. The molecule has 0 radical (unpaired) electrons. The Morgan fingerprint density at radius 3 is 2.27 bits per heavy atom. The van der Waals surface area contributed by atoms with Crippen molar-refractivity contribution in [3.8, 4) is 5.75 Å². The number of rotatable bonds is 6. The zero-order chi connectivity index (χ0) is 18.8. The van der Waals surface area contributed by atoms with Gasteiger partial charge in [0.1, 0.15) is 11.6 Å². The lowest BCUT2D eigenvalue weighted by atomic mass is 10.2. The molecule has 0 aliphatic carbocycles. The van der Waals surface area contributed by atoms with E-state index in [1.165, 1.54) is 25.3 Å². The lowest BCUT2D eigenvalue weighted by molar-refractivity contribution is 0.414. The highest BCUT2D eigenvalue weighted by atomic mass is 32.2. The summed E-state index contributed by atoms with van der Waals surface area (Å²) >= 11 is 0. The van der Waals surface area contributed by atoms with Gasteiger partial charge in [-0.05, 0) is 42.8 Å². The molecule has 1 aromatic carbocycles. The zero-order valence-corrected chi connectivity index (χ0v) is 15.5. The summed E-state index contributed by atoms with van der Waals surface area (Å²) in [5.41, 5.74) is 0. The Kier molecular flexibility index (Phi) is 5.01. The molecule has 1 aliphatic rings. The van der Waals surface area contributed by atoms with Crippen molar-refractivity contribution in [1.82, 2.24) is 10.2 Å². The van der Waals surface area contributed by atoms with Crippen molar-refractivity contribution in [2.75, 3.05) is 28.7 Å². The first kappa shape index (κ1) is 18.4. The topological polar surface area (TPSA) is 127 Å². The third kappa shape index (κ3) is 4.41. The number of sulfonamides is 1. The Hall–Kier alpha value is -2.40. The first-order valence-electron chi connectivity index (χ1n) is 7.75. The van der Waals surface area contributed by atoms with Crippen LogP contribution in [0, 0.1) is 0 Å². The Morgan fingerprint density at radius 1 is 1.08 bits per heavy atom. The Balaban J connectivity index is 1.66. The number of hydrogen-bond donors (Lipinski definition) is 2. The standard InChI is InChI=1S/C15H18N4O5S2/c1-24-12-2-4-13(5-3-12)26(22,23)19-15-7-6-14(17-18-15)16-11-8-9-25(20,21)10-11/h2-7,11H,8-10H2,1H3,(H,16,17)(H,18,19). The Labute approximate surface area is 151 Å². The van der Waals surface area contributed by atoms with Gasteiger partial charge in [0.05, 0.1) is 23.5 Å². The van der Waals surface area contributed by atoms with E-state index in [9.17, 15) is 16.8 Å². The molecule has 0 saturated carbocycles. The van der Waals surface area contributed by atoms with E-state index in [-0.39, 0.29) is 28.3 Å². The second-order valence-electron chi connectivity index (χ2n) is 5.83. The number of hydrogen-bond acceptors (Lipinski definition) is 8. The number of anilines is 2. The van der Waals surface area contributed by atoms with Gasteiger partial charge in [-0.1, -0.05) is 0 Å². The molecule has 3 rings (SSSR count). The minimum absolute atomic E-state index is 0.0561. The van der Waals surface area contributed by atoms with Crippen molar-refractivity contribution >= 4 is 31.5 Å². The van der Waals surface area contributed by atoms with Gasteiger partial charge >= 0.3 is 0 Å². The summed E-state index contributed by atoms with van der Waals surface area (Å²) in [6.45, 7) is 0. The van der Waals surface area contributed by atoms with Crippen LogP contribution < -0.4 is 14.8 Å². The summed E-state index contributed by atoms with van der Waals surface area (Å²) in [6.07, 6.45) is 0.510. The molecule has 2 heterocycles. The third-order valence-electron chi connectivity index (χ3n) is 3.86. The summed E-state index contributed by atoms with van der Waals surface area (Å²) in [5.74, 6) is 1.20. The summed E-state index contributed by atoms with van der Waals surface area (Å²) in [6, 6.07) is 8.72. The van der Waals surface area contributed by atoms with E-state index in [2.05, 4.69) is 20.2 Å². The van der Waals surface area contributed by atoms with E-state index >= 15 is 0 Å². The highest BCUT2D eigenvalue weighted by Gasteiger charge is 2.28.